The summed E-state index contributed by atoms with van der Waals surface area (Å²) < 4.78 is 0. The highest BCUT2D eigenvalue weighted by molar-refractivity contribution is 5.61. The quantitative estimate of drug-likeness (QED) is 0.607. The van der Waals surface area contributed by atoms with Crippen LogP contribution in [0.4, 0.5) is 5.69 Å². The van der Waals surface area contributed by atoms with Crippen molar-refractivity contribution in [1.82, 2.24) is 4.90 Å². The summed E-state index contributed by atoms with van der Waals surface area (Å²) in [7, 11) is 8.55. The second-order valence-corrected chi connectivity index (χ2v) is 7.18. The second kappa shape index (κ2) is 7.35. The van der Waals surface area contributed by atoms with Crippen LogP contribution in [-0.2, 0) is 5.54 Å². The fourth-order valence-corrected chi connectivity index (χ4v) is 4.09. The van der Waals surface area contributed by atoms with Gasteiger partial charge in [-0.3, -0.25) is 4.90 Å². The van der Waals surface area contributed by atoms with Gasteiger partial charge >= 0.3 is 0 Å². The van der Waals surface area contributed by atoms with Gasteiger partial charge in [0.25, 0.3) is 0 Å². The molecule has 0 aromatic heterocycles. The Bertz CT molecular complexity index is 812. The molecule has 0 radical (unpaired) electrons. The van der Waals surface area contributed by atoms with Crippen LogP contribution in [0.5, 0.6) is 0 Å². The molecule has 0 aliphatic rings. The molecule has 2 nitrogen and oxygen atoms in total. The zero-order valence-corrected chi connectivity index (χ0v) is 16.4. The number of hydrogen-bond acceptors (Lipinski definition) is 2. The number of anilines is 1. The summed E-state index contributed by atoms with van der Waals surface area (Å²) in [6, 6.07) is 28.2. The smallest absolute Gasteiger partial charge is 0.0971 e. The van der Waals surface area contributed by atoms with Gasteiger partial charge in [-0.2, -0.15) is 0 Å². The second-order valence-electron chi connectivity index (χ2n) is 7.18. The van der Waals surface area contributed by atoms with E-state index in [9.17, 15) is 0 Å². The van der Waals surface area contributed by atoms with Crippen LogP contribution in [0.25, 0.3) is 0 Å². The third-order valence-electron chi connectivity index (χ3n) is 5.23. The predicted molar refractivity (Wildman–Crippen MR) is 112 cm³/mol. The first kappa shape index (κ1) is 18.2. The van der Waals surface area contributed by atoms with Crippen LogP contribution < -0.4 is 4.90 Å². The van der Waals surface area contributed by atoms with Crippen molar-refractivity contribution in [3.05, 3.63) is 101 Å². The lowest BCUT2D eigenvalue weighted by Crippen LogP contribution is -2.44. The van der Waals surface area contributed by atoms with Crippen molar-refractivity contribution < 1.29 is 0 Å². The Morgan fingerprint density at radius 3 is 1.54 bits per heavy atom. The average molecular weight is 345 g/mol. The minimum atomic E-state index is -0.349. The number of hydrogen-bond donors (Lipinski definition) is 0. The van der Waals surface area contributed by atoms with E-state index in [1.807, 2.05) is 0 Å². The van der Waals surface area contributed by atoms with Gasteiger partial charge in [0, 0.05) is 19.8 Å². The molecule has 0 unspecified atom stereocenters. The molecule has 0 saturated carbocycles. The van der Waals surface area contributed by atoms with E-state index in [1.165, 1.54) is 27.9 Å². The van der Waals surface area contributed by atoms with Crippen molar-refractivity contribution in [1.29, 1.82) is 0 Å². The van der Waals surface area contributed by atoms with Gasteiger partial charge < -0.3 is 4.90 Å². The largest absolute Gasteiger partial charge is 0.377 e. The molecule has 0 N–H and O–H groups in total. The van der Waals surface area contributed by atoms with Gasteiger partial charge in [0.15, 0.2) is 0 Å². The number of nitrogens with zero attached hydrogens (tertiary/aromatic N) is 2. The van der Waals surface area contributed by atoms with E-state index in [4.69, 9.17) is 0 Å². The Labute approximate surface area is 157 Å². The highest BCUT2D eigenvalue weighted by atomic mass is 15.2. The van der Waals surface area contributed by atoms with Crippen molar-refractivity contribution >= 4 is 5.69 Å². The Hall–Kier alpha value is -2.58. The number of rotatable bonds is 5. The normalized spacial score (nSPS) is 11.6. The standard InChI is InChI=1S/C24H28N2/c1-19-22(17-12-18-23(19)25(2)3)24(26(4)5,20-13-8-6-9-14-20)21-15-10-7-11-16-21/h6-18H,1-5H3. The van der Waals surface area contributed by atoms with E-state index in [1.54, 1.807) is 0 Å². The molecule has 26 heavy (non-hydrogen) atoms. The van der Waals surface area contributed by atoms with Gasteiger partial charge in [-0.25, -0.2) is 0 Å². The molecule has 3 rings (SSSR count). The summed E-state index contributed by atoms with van der Waals surface area (Å²) in [6.07, 6.45) is 0. The predicted octanol–water partition coefficient (Wildman–Crippen LogP) is 4.91. The maximum Gasteiger partial charge on any atom is 0.0971 e. The van der Waals surface area contributed by atoms with Crippen molar-refractivity contribution in [3.63, 3.8) is 0 Å². The lowest BCUT2D eigenvalue weighted by atomic mass is 9.74. The van der Waals surface area contributed by atoms with Gasteiger partial charge in [-0.05, 0) is 49.3 Å². The summed E-state index contributed by atoms with van der Waals surface area (Å²) in [5.74, 6) is 0. The lowest BCUT2D eigenvalue weighted by molar-refractivity contribution is 0.246. The third kappa shape index (κ3) is 2.91. The van der Waals surface area contributed by atoms with Gasteiger partial charge in [-0.1, -0.05) is 72.8 Å². The highest BCUT2D eigenvalue weighted by Gasteiger charge is 2.40. The van der Waals surface area contributed by atoms with Gasteiger partial charge in [-0.15, -0.1) is 0 Å². The van der Waals surface area contributed by atoms with Gasteiger partial charge in [0.1, 0.15) is 0 Å². The molecule has 0 heterocycles. The molecular weight excluding hydrogens is 316 g/mol. The maximum absolute atomic E-state index is 2.33. The van der Waals surface area contributed by atoms with Crippen molar-refractivity contribution in [2.45, 2.75) is 12.5 Å². The molecular formula is C24H28N2. The lowest BCUT2D eigenvalue weighted by Gasteiger charge is -2.43. The highest BCUT2D eigenvalue weighted by Crippen LogP contribution is 2.43. The van der Waals surface area contributed by atoms with Gasteiger partial charge in [0.2, 0.25) is 0 Å². The molecule has 0 amide bonds. The van der Waals surface area contributed by atoms with E-state index in [-0.39, 0.29) is 5.54 Å². The van der Waals surface area contributed by atoms with Crippen molar-refractivity contribution in [2.75, 3.05) is 33.1 Å². The van der Waals surface area contributed by atoms with Gasteiger partial charge in [0.05, 0.1) is 5.54 Å². The molecule has 3 aromatic carbocycles. The van der Waals surface area contributed by atoms with E-state index < -0.39 is 0 Å². The summed E-state index contributed by atoms with van der Waals surface area (Å²) >= 11 is 0. The van der Waals surface area contributed by atoms with E-state index in [2.05, 4.69) is 124 Å². The van der Waals surface area contributed by atoms with Crippen LogP contribution in [0.3, 0.4) is 0 Å². The van der Waals surface area contributed by atoms with Crippen LogP contribution in [0.2, 0.25) is 0 Å². The molecule has 0 atom stereocenters. The van der Waals surface area contributed by atoms with Crippen LogP contribution in [0.15, 0.2) is 78.9 Å². The topological polar surface area (TPSA) is 6.48 Å². The van der Waals surface area contributed by atoms with Crippen molar-refractivity contribution in [3.8, 4) is 0 Å². The SMILES string of the molecule is Cc1c(N(C)C)cccc1C(c1ccccc1)(c1ccccc1)N(C)C. The fourth-order valence-electron chi connectivity index (χ4n) is 4.09. The minimum absolute atomic E-state index is 0.349. The first-order valence-corrected chi connectivity index (χ1v) is 9.05. The van der Waals surface area contributed by atoms with Crippen molar-refractivity contribution in [2.24, 2.45) is 0 Å². The van der Waals surface area contributed by atoms with E-state index >= 15 is 0 Å². The Morgan fingerprint density at radius 2 is 1.12 bits per heavy atom. The average Bonchev–Trinajstić information content (AvgIpc) is 2.65. The molecule has 2 heteroatoms. The Kier molecular flexibility index (Phi) is 5.15. The summed E-state index contributed by atoms with van der Waals surface area (Å²) in [4.78, 5) is 4.52. The maximum atomic E-state index is 2.33. The first-order chi connectivity index (χ1) is 12.5. The van der Waals surface area contributed by atoms with E-state index in [0.29, 0.717) is 0 Å². The van der Waals surface area contributed by atoms with Crippen LogP contribution in [0, 0.1) is 6.92 Å². The molecule has 0 saturated heterocycles. The van der Waals surface area contributed by atoms with Crippen LogP contribution >= 0.6 is 0 Å². The van der Waals surface area contributed by atoms with Crippen LogP contribution in [0.1, 0.15) is 22.3 Å². The molecule has 3 aromatic rings. The first-order valence-electron chi connectivity index (χ1n) is 9.05. The van der Waals surface area contributed by atoms with Crippen LogP contribution in [-0.4, -0.2) is 33.1 Å². The summed E-state index contributed by atoms with van der Waals surface area (Å²) in [6.45, 7) is 2.23. The molecule has 0 spiro atoms. The minimum Gasteiger partial charge on any atom is -0.377 e. The molecule has 0 bridgehead atoms. The zero-order valence-electron chi connectivity index (χ0n) is 16.4. The molecule has 0 fully saturated rings. The molecule has 0 aliphatic heterocycles. The summed E-state index contributed by atoms with van der Waals surface area (Å²) in [5.41, 5.74) is 6.06. The molecule has 134 valence electrons. The third-order valence-corrected chi connectivity index (χ3v) is 5.23. The Morgan fingerprint density at radius 1 is 0.615 bits per heavy atom. The monoisotopic (exact) mass is 344 g/mol. The van der Waals surface area contributed by atoms with E-state index in [0.717, 1.165) is 0 Å². The zero-order chi connectivity index (χ0) is 18.7. The number of benzene rings is 3. The Balaban J connectivity index is 2.41. The fraction of sp³-hybridized carbons (Fsp3) is 0.250. The molecule has 0 aliphatic carbocycles. The summed E-state index contributed by atoms with van der Waals surface area (Å²) in [5, 5.41) is 0.